The van der Waals surface area contributed by atoms with Gasteiger partial charge in [-0.05, 0) is 19.5 Å². The van der Waals surface area contributed by atoms with Crippen molar-refractivity contribution in [2.75, 3.05) is 38.8 Å². The Morgan fingerprint density at radius 2 is 1.82 bits per heavy atom. The van der Waals surface area contributed by atoms with Gasteiger partial charge in [0.1, 0.15) is 6.04 Å². The van der Waals surface area contributed by atoms with E-state index in [0.717, 1.165) is 6.54 Å². The Kier molecular flexibility index (Phi) is 6.33. The van der Waals surface area contributed by atoms with Crippen molar-refractivity contribution in [1.29, 1.82) is 0 Å². The average Bonchev–Trinajstić information content (AvgIpc) is 2.81. The van der Waals surface area contributed by atoms with Gasteiger partial charge in [-0.1, -0.05) is 34.6 Å². The third-order valence-corrected chi connectivity index (χ3v) is 4.59. The fraction of sp³-hybridized carbons (Fsp3) is 0.875. The second-order valence-corrected chi connectivity index (χ2v) is 9.16. The van der Waals surface area contributed by atoms with Gasteiger partial charge < -0.3 is 15.1 Å². The van der Waals surface area contributed by atoms with Crippen LogP contribution in [0, 0.1) is 10.8 Å². The maximum absolute atomic E-state index is 12.5. The molecule has 0 aromatic heterocycles. The Balaban J connectivity index is 2.63. The lowest BCUT2D eigenvalue weighted by atomic mass is 9.92. The SMILES string of the molecule is CN(C)CC(C)(C)CNC(=O)[C@H]1CSCN1C(=O)C(C)(C)C. The van der Waals surface area contributed by atoms with Crippen molar-refractivity contribution < 1.29 is 9.59 Å². The second-order valence-electron chi connectivity index (χ2n) is 8.16. The first-order valence-electron chi connectivity index (χ1n) is 7.75. The van der Waals surface area contributed by atoms with Crippen LogP contribution in [0.4, 0.5) is 0 Å². The van der Waals surface area contributed by atoms with E-state index in [4.69, 9.17) is 0 Å². The van der Waals surface area contributed by atoms with Gasteiger partial charge in [-0.2, -0.15) is 0 Å². The highest BCUT2D eigenvalue weighted by Crippen LogP contribution is 2.27. The van der Waals surface area contributed by atoms with Crippen LogP contribution in [0.15, 0.2) is 0 Å². The Bertz CT molecular complexity index is 416. The molecule has 1 heterocycles. The molecule has 0 saturated carbocycles. The van der Waals surface area contributed by atoms with Gasteiger partial charge in [0.25, 0.3) is 0 Å². The molecule has 0 radical (unpaired) electrons. The van der Waals surface area contributed by atoms with E-state index in [0.29, 0.717) is 18.2 Å². The molecule has 1 atom stereocenters. The van der Waals surface area contributed by atoms with Crippen molar-refractivity contribution in [2.45, 2.75) is 40.7 Å². The number of thioether (sulfide) groups is 1. The van der Waals surface area contributed by atoms with E-state index in [1.807, 2.05) is 34.9 Å². The van der Waals surface area contributed by atoms with Crippen molar-refractivity contribution in [3.05, 3.63) is 0 Å². The third kappa shape index (κ3) is 5.47. The number of nitrogens with zero attached hydrogens (tertiary/aromatic N) is 2. The Morgan fingerprint density at radius 1 is 1.23 bits per heavy atom. The summed E-state index contributed by atoms with van der Waals surface area (Å²) in [6.45, 7) is 11.5. The normalized spacial score (nSPS) is 19.6. The van der Waals surface area contributed by atoms with E-state index >= 15 is 0 Å². The van der Waals surface area contributed by atoms with Gasteiger partial charge in [-0.25, -0.2) is 0 Å². The highest BCUT2D eigenvalue weighted by Gasteiger charge is 2.39. The second kappa shape index (κ2) is 7.21. The molecule has 1 aliphatic rings. The highest BCUT2D eigenvalue weighted by atomic mass is 32.2. The van der Waals surface area contributed by atoms with E-state index in [1.165, 1.54) is 0 Å². The van der Waals surface area contributed by atoms with Crippen LogP contribution in [-0.2, 0) is 9.59 Å². The quantitative estimate of drug-likeness (QED) is 0.833. The number of amides is 2. The van der Waals surface area contributed by atoms with Crippen molar-refractivity contribution in [2.24, 2.45) is 10.8 Å². The predicted octanol–water partition coefficient (Wildman–Crippen LogP) is 1.64. The maximum Gasteiger partial charge on any atom is 0.243 e. The predicted molar refractivity (Wildman–Crippen MR) is 92.8 cm³/mol. The van der Waals surface area contributed by atoms with Gasteiger partial charge in [0.2, 0.25) is 11.8 Å². The van der Waals surface area contributed by atoms with Crippen LogP contribution in [0.2, 0.25) is 0 Å². The maximum atomic E-state index is 12.5. The minimum absolute atomic E-state index is 0.00374. The molecule has 2 amide bonds. The lowest BCUT2D eigenvalue weighted by Gasteiger charge is -2.32. The molecule has 6 heteroatoms. The van der Waals surface area contributed by atoms with Crippen LogP contribution in [0.5, 0.6) is 0 Å². The zero-order valence-corrected chi connectivity index (χ0v) is 15.8. The Morgan fingerprint density at radius 3 is 2.32 bits per heavy atom. The molecule has 0 aliphatic carbocycles. The summed E-state index contributed by atoms with van der Waals surface area (Å²) < 4.78 is 0. The number of hydrogen-bond donors (Lipinski definition) is 1. The standard InChI is InChI=1S/C16H31N3O2S/c1-15(2,3)14(21)19-11-22-8-12(19)13(20)17-9-16(4,5)10-18(6)7/h12H,8-11H2,1-7H3,(H,17,20)/t12-/m1/s1. The number of carbonyl (C=O) groups excluding carboxylic acids is 2. The van der Waals surface area contributed by atoms with Crippen LogP contribution in [0.3, 0.4) is 0 Å². The molecule has 0 unspecified atom stereocenters. The first-order valence-corrected chi connectivity index (χ1v) is 8.91. The van der Waals surface area contributed by atoms with Crippen LogP contribution < -0.4 is 5.32 Å². The minimum atomic E-state index is -0.451. The van der Waals surface area contributed by atoms with Gasteiger partial charge in [0.05, 0.1) is 5.88 Å². The summed E-state index contributed by atoms with van der Waals surface area (Å²) in [4.78, 5) is 28.8. The molecule has 0 aromatic rings. The molecule has 1 N–H and O–H groups in total. The summed E-state index contributed by atoms with van der Waals surface area (Å²) in [5.74, 6) is 1.30. The molecule has 22 heavy (non-hydrogen) atoms. The fourth-order valence-corrected chi connectivity index (χ4v) is 3.80. The molecule has 1 rings (SSSR count). The smallest absolute Gasteiger partial charge is 0.243 e. The van der Waals surface area contributed by atoms with Crippen molar-refractivity contribution >= 4 is 23.6 Å². The lowest BCUT2D eigenvalue weighted by Crippen LogP contribution is -2.52. The summed E-state index contributed by atoms with van der Waals surface area (Å²) in [7, 11) is 4.06. The van der Waals surface area contributed by atoms with Crippen LogP contribution in [0.1, 0.15) is 34.6 Å². The zero-order valence-electron chi connectivity index (χ0n) is 15.0. The molecule has 1 saturated heterocycles. The van der Waals surface area contributed by atoms with Gasteiger partial charge in [0, 0.05) is 24.3 Å². The average molecular weight is 330 g/mol. The van der Waals surface area contributed by atoms with E-state index in [9.17, 15) is 9.59 Å². The third-order valence-electron chi connectivity index (χ3n) is 3.57. The minimum Gasteiger partial charge on any atom is -0.354 e. The first-order chi connectivity index (χ1) is 9.94. The fourth-order valence-electron chi connectivity index (χ4n) is 2.65. The summed E-state index contributed by atoms with van der Waals surface area (Å²) in [6, 6.07) is -0.341. The number of hydrogen-bond acceptors (Lipinski definition) is 4. The van der Waals surface area contributed by atoms with Crippen LogP contribution >= 0.6 is 11.8 Å². The summed E-state index contributed by atoms with van der Waals surface area (Å²) in [5.41, 5.74) is -0.447. The van der Waals surface area contributed by atoms with E-state index in [2.05, 4.69) is 24.1 Å². The monoisotopic (exact) mass is 329 g/mol. The Hall–Kier alpha value is -0.750. The molecule has 1 aliphatic heterocycles. The van der Waals surface area contributed by atoms with Gasteiger partial charge in [-0.15, -0.1) is 11.8 Å². The van der Waals surface area contributed by atoms with Gasteiger partial charge >= 0.3 is 0 Å². The number of nitrogens with one attached hydrogen (secondary N) is 1. The number of rotatable bonds is 5. The molecule has 0 spiro atoms. The van der Waals surface area contributed by atoms with Crippen molar-refractivity contribution in [3.63, 3.8) is 0 Å². The van der Waals surface area contributed by atoms with Crippen molar-refractivity contribution in [1.82, 2.24) is 15.1 Å². The van der Waals surface area contributed by atoms with Gasteiger partial charge in [-0.3, -0.25) is 9.59 Å². The molecule has 5 nitrogen and oxygen atoms in total. The van der Waals surface area contributed by atoms with E-state index < -0.39 is 5.41 Å². The molecular weight excluding hydrogens is 298 g/mol. The highest BCUT2D eigenvalue weighted by molar-refractivity contribution is 7.99. The van der Waals surface area contributed by atoms with Crippen LogP contribution in [-0.4, -0.2) is 66.5 Å². The Labute approximate surface area is 139 Å². The molecule has 0 aromatic carbocycles. The molecule has 1 fully saturated rings. The first kappa shape index (κ1) is 19.3. The summed E-state index contributed by atoms with van der Waals surface area (Å²) in [6.07, 6.45) is 0. The number of carbonyl (C=O) groups is 2. The summed E-state index contributed by atoms with van der Waals surface area (Å²) >= 11 is 1.64. The van der Waals surface area contributed by atoms with E-state index in [-0.39, 0.29) is 23.3 Å². The molecule has 128 valence electrons. The molecular formula is C16H31N3O2S. The van der Waals surface area contributed by atoms with Crippen LogP contribution in [0.25, 0.3) is 0 Å². The van der Waals surface area contributed by atoms with E-state index in [1.54, 1.807) is 16.7 Å². The lowest BCUT2D eigenvalue weighted by molar-refractivity contribution is -0.144. The molecule has 0 bridgehead atoms. The van der Waals surface area contributed by atoms with Crippen molar-refractivity contribution in [3.8, 4) is 0 Å². The van der Waals surface area contributed by atoms with Gasteiger partial charge in [0.15, 0.2) is 0 Å². The largest absolute Gasteiger partial charge is 0.354 e. The zero-order chi connectivity index (χ0) is 17.1. The topological polar surface area (TPSA) is 52.7 Å². The summed E-state index contributed by atoms with van der Waals surface area (Å²) in [5, 5.41) is 3.03.